The van der Waals surface area contributed by atoms with Crippen LogP contribution >= 0.6 is 34.5 Å². The molecule has 0 bridgehead atoms. The molecule has 0 unspecified atom stereocenters. The van der Waals surface area contributed by atoms with Crippen molar-refractivity contribution in [2.45, 2.75) is 6.61 Å². The normalized spacial score (nSPS) is 10.6. The zero-order valence-electron chi connectivity index (χ0n) is 16.0. The Morgan fingerprint density at radius 3 is 2.42 bits per heavy atom. The summed E-state index contributed by atoms with van der Waals surface area (Å²) < 4.78 is 5.81. The van der Waals surface area contributed by atoms with Crippen LogP contribution in [0.5, 0.6) is 5.75 Å². The van der Waals surface area contributed by atoms with Crippen LogP contribution in [0.15, 0.2) is 72.1 Å². The van der Waals surface area contributed by atoms with Gasteiger partial charge in [0.2, 0.25) is 0 Å². The van der Waals surface area contributed by atoms with Gasteiger partial charge in [0.15, 0.2) is 5.13 Å². The molecule has 3 aromatic carbocycles. The monoisotopic (exact) mass is 470 g/mol. The Bertz CT molecular complexity index is 1210. The number of carboxylic acid groups (broad SMARTS) is 1. The number of aromatic carboxylic acids is 1. The molecule has 156 valence electrons. The number of ether oxygens (including phenoxy) is 1. The van der Waals surface area contributed by atoms with Gasteiger partial charge in [-0.1, -0.05) is 29.3 Å². The summed E-state index contributed by atoms with van der Waals surface area (Å²) in [4.78, 5) is 15.5. The van der Waals surface area contributed by atoms with Crippen LogP contribution in [0.4, 0.5) is 10.8 Å². The molecule has 0 aliphatic rings. The molecule has 0 spiro atoms. The third-order valence-corrected chi connectivity index (χ3v) is 5.92. The van der Waals surface area contributed by atoms with Crippen molar-refractivity contribution in [3.8, 4) is 17.0 Å². The van der Waals surface area contributed by atoms with Crippen molar-refractivity contribution in [2.75, 3.05) is 5.32 Å². The van der Waals surface area contributed by atoms with Crippen LogP contribution in [0.25, 0.3) is 11.3 Å². The molecule has 1 heterocycles. The summed E-state index contributed by atoms with van der Waals surface area (Å²) in [7, 11) is 0. The van der Waals surface area contributed by atoms with E-state index in [1.807, 2.05) is 35.7 Å². The van der Waals surface area contributed by atoms with Gasteiger partial charge in [-0.3, -0.25) is 0 Å². The molecule has 0 amide bonds. The predicted molar refractivity (Wildman–Crippen MR) is 125 cm³/mol. The minimum absolute atomic E-state index is 0.242. The molecule has 4 rings (SSSR count). The van der Waals surface area contributed by atoms with E-state index < -0.39 is 5.97 Å². The van der Waals surface area contributed by atoms with Gasteiger partial charge >= 0.3 is 5.97 Å². The summed E-state index contributed by atoms with van der Waals surface area (Å²) in [5.41, 5.74) is 3.76. The van der Waals surface area contributed by atoms with E-state index in [4.69, 9.17) is 33.0 Å². The molecule has 0 saturated carbocycles. The van der Waals surface area contributed by atoms with Crippen LogP contribution < -0.4 is 10.1 Å². The summed E-state index contributed by atoms with van der Waals surface area (Å²) >= 11 is 13.4. The highest BCUT2D eigenvalue weighted by molar-refractivity contribution is 7.14. The number of benzene rings is 3. The highest BCUT2D eigenvalue weighted by Crippen LogP contribution is 2.29. The topological polar surface area (TPSA) is 71.5 Å². The largest absolute Gasteiger partial charge is 0.489 e. The number of anilines is 2. The number of nitrogens with one attached hydrogen (secondary N) is 1. The van der Waals surface area contributed by atoms with E-state index in [0.29, 0.717) is 16.7 Å². The minimum atomic E-state index is -0.951. The van der Waals surface area contributed by atoms with Gasteiger partial charge in [-0.2, -0.15) is 0 Å². The fraction of sp³-hybridized carbons (Fsp3) is 0.0435. The van der Waals surface area contributed by atoms with E-state index >= 15 is 0 Å². The Hall–Kier alpha value is -3.06. The number of hydrogen-bond acceptors (Lipinski definition) is 5. The number of halogens is 2. The molecule has 5 nitrogen and oxygen atoms in total. The van der Waals surface area contributed by atoms with Crippen molar-refractivity contribution >= 4 is 51.3 Å². The van der Waals surface area contributed by atoms with Crippen LogP contribution in [-0.4, -0.2) is 16.1 Å². The van der Waals surface area contributed by atoms with Gasteiger partial charge in [-0.15, -0.1) is 11.3 Å². The Kier molecular flexibility index (Phi) is 6.42. The van der Waals surface area contributed by atoms with E-state index in [-0.39, 0.29) is 5.56 Å². The van der Waals surface area contributed by atoms with Gasteiger partial charge in [0.25, 0.3) is 0 Å². The highest BCUT2D eigenvalue weighted by atomic mass is 35.5. The quantitative estimate of drug-likeness (QED) is 0.300. The first-order valence-corrected chi connectivity index (χ1v) is 10.8. The van der Waals surface area contributed by atoms with Crippen molar-refractivity contribution in [2.24, 2.45) is 0 Å². The van der Waals surface area contributed by atoms with E-state index in [0.717, 1.165) is 33.4 Å². The first kappa shape index (κ1) is 21.2. The number of rotatable bonds is 7. The lowest BCUT2D eigenvalue weighted by molar-refractivity contribution is 0.0697. The number of nitrogens with zero attached hydrogens (tertiary/aromatic N) is 1. The smallest absolute Gasteiger partial charge is 0.335 e. The molecule has 31 heavy (non-hydrogen) atoms. The molecule has 1 aromatic heterocycles. The van der Waals surface area contributed by atoms with Gasteiger partial charge in [0.05, 0.1) is 21.3 Å². The van der Waals surface area contributed by atoms with E-state index in [1.54, 1.807) is 36.4 Å². The summed E-state index contributed by atoms with van der Waals surface area (Å²) in [6, 6.07) is 19.6. The zero-order valence-corrected chi connectivity index (χ0v) is 18.3. The number of thiazole rings is 1. The summed E-state index contributed by atoms with van der Waals surface area (Å²) in [5, 5.41) is 15.9. The number of hydrogen-bond donors (Lipinski definition) is 2. The van der Waals surface area contributed by atoms with Gasteiger partial charge in [0.1, 0.15) is 12.4 Å². The molecule has 0 radical (unpaired) electrons. The third-order valence-electron chi connectivity index (χ3n) is 4.43. The van der Waals surface area contributed by atoms with Crippen LogP contribution in [-0.2, 0) is 6.61 Å². The maximum atomic E-state index is 10.9. The molecule has 0 fully saturated rings. The van der Waals surface area contributed by atoms with E-state index in [2.05, 4.69) is 10.3 Å². The molecular formula is C23H16Cl2N2O3S. The van der Waals surface area contributed by atoms with Crippen LogP contribution in [0.1, 0.15) is 15.9 Å². The van der Waals surface area contributed by atoms with Crippen molar-refractivity contribution in [3.05, 3.63) is 93.3 Å². The summed E-state index contributed by atoms with van der Waals surface area (Å²) in [6.07, 6.45) is 0. The van der Waals surface area contributed by atoms with Crippen molar-refractivity contribution in [3.63, 3.8) is 0 Å². The number of carboxylic acids is 1. The lowest BCUT2D eigenvalue weighted by Gasteiger charge is -2.08. The Morgan fingerprint density at radius 1 is 1.00 bits per heavy atom. The average molecular weight is 471 g/mol. The van der Waals surface area contributed by atoms with Gasteiger partial charge < -0.3 is 15.2 Å². The summed E-state index contributed by atoms with van der Waals surface area (Å²) in [5.74, 6) is -0.214. The zero-order chi connectivity index (χ0) is 21.8. The van der Waals surface area contributed by atoms with Crippen LogP contribution in [0.2, 0.25) is 10.0 Å². The van der Waals surface area contributed by atoms with Gasteiger partial charge in [0, 0.05) is 16.6 Å². The van der Waals surface area contributed by atoms with Crippen LogP contribution in [0, 0.1) is 0 Å². The second kappa shape index (κ2) is 9.39. The molecule has 0 aliphatic heterocycles. The van der Waals surface area contributed by atoms with Crippen molar-refractivity contribution in [1.29, 1.82) is 0 Å². The minimum Gasteiger partial charge on any atom is -0.489 e. The second-order valence-corrected chi connectivity index (χ2v) is 8.28. The van der Waals surface area contributed by atoms with E-state index in [1.165, 1.54) is 11.3 Å². The molecule has 0 atom stereocenters. The molecular weight excluding hydrogens is 455 g/mol. The average Bonchev–Trinajstić information content (AvgIpc) is 3.24. The van der Waals surface area contributed by atoms with Crippen LogP contribution in [0.3, 0.4) is 0 Å². The second-order valence-electron chi connectivity index (χ2n) is 6.61. The maximum absolute atomic E-state index is 10.9. The van der Waals surface area contributed by atoms with E-state index in [9.17, 15) is 4.79 Å². The standard InChI is InChI=1S/C23H16Cl2N2O3S/c24-19-10-1-14(11-20(19)25)12-30-18-8-4-15(5-9-18)21-13-31-23(27-21)26-17-6-2-16(3-7-17)22(28)29/h1-11,13H,12H2,(H,26,27)(H,28,29). The molecule has 0 aliphatic carbocycles. The Morgan fingerprint density at radius 2 is 1.74 bits per heavy atom. The first-order valence-electron chi connectivity index (χ1n) is 9.21. The van der Waals surface area contributed by atoms with Gasteiger partial charge in [-0.25, -0.2) is 9.78 Å². The number of carbonyl (C=O) groups is 1. The fourth-order valence-corrected chi connectivity index (χ4v) is 3.86. The lowest BCUT2D eigenvalue weighted by Crippen LogP contribution is -1.96. The highest BCUT2D eigenvalue weighted by Gasteiger charge is 2.07. The third kappa shape index (κ3) is 5.35. The molecule has 0 saturated heterocycles. The Labute approximate surface area is 192 Å². The molecule has 8 heteroatoms. The molecule has 4 aromatic rings. The predicted octanol–water partition coefficient (Wildman–Crippen LogP) is 7.14. The van der Waals surface area contributed by atoms with Gasteiger partial charge in [-0.05, 0) is 66.2 Å². The molecule has 2 N–H and O–H groups in total. The maximum Gasteiger partial charge on any atom is 0.335 e. The fourth-order valence-electron chi connectivity index (χ4n) is 2.80. The summed E-state index contributed by atoms with van der Waals surface area (Å²) in [6.45, 7) is 0.391. The lowest BCUT2D eigenvalue weighted by atomic mass is 10.2. The SMILES string of the molecule is O=C(O)c1ccc(Nc2nc(-c3ccc(OCc4ccc(Cl)c(Cl)c4)cc3)cs2)cc1. The first-order chi connectivity index (χ1) is 15.0. The van der Waals surface area contributed by atoms with Crippen molar-refractivity contribution in [1.82, 2.24) is 4.98 Å². The van der Waals surface area contributed by atoms with Crippen molar-refractivity contribution < 1.29 is 14.6 Å². The Balaban J connectivity index is 1.38. The number of aromatic nitrogens is 1.